The zero-order valence-electron chi connectivity index (χ0n) is 15.9. The summed E-state index contributed by atoms with van der Waals surface area (Å²) in [5, 5.41) is 11.2. The van der Waals surface area contributed by atoms with Crippen molar-refractivity contribution in [3.63, 3.8) is 0 Å². The van der Waals surface area contributed by atoms with Gasteiger partial charge in [0.2, 0.25) is 0 Å². The Morgan fingerprint density at radius 2 is 1.67 bits per heavy atom. The quantitative estimate of drug-likeness (QED) is 0.608. The number of aliphatic hydroxyl groups excluding tert-OH is 1. The molecule has 2 N–H and O–H groups in total. The lowest BCUT2D eigenvalue weighted by Gasteiger charge is -2.18. The Bertz CT molecular complexity index is 1150. The molecule has 0 saturated carbocycles. The minimum Gasteiger partial charge on any atom is -0.490 e. The molecule has 3 aromatic rings. The number of hydrogen-bond donors (Lipinski definition) is 2. The van der Waals surface area contributed by atoms with Crippen molar-refractivity contribution < 1.29 is 23.0 Å². The molecular formula is C22H20ClNO5S. The predicted octanol–water partition coefficient (Wildman–Crippen LogP) is 4.38. The molecule has 6 nitrogen and oxygen atoms in total. The van der Waals surface area contributed by atoms with Gasteiger partial charge in [-0.25, -0.2) is 8.42 Å². The first-order valence-corrected chi connectivity index (χ1v) is 11.2. The highest BCUT2D eigenvalue weighted by molar-refractivity contribution is 7.92. The largest absolute Gasteiger partial charge is 0.490 e. The van der Waals surface area contributed by atoms with Gasteiger partial charge in [0.05, 0.1) is 23.8 Å². The Kier molecular flexibility index (Phi) is 5.85. The van der Waals surface area contributed by atoms with Crippen LogP contribution in [0.4, 0.5) is 5.69 Å². The van der Waals surface area contributed by atoms with Gasteiger partial charge in [0.25, 0.3) is 10.0 Å². The summed E-state index contributed by atoms with van der Waals surface area (Å²) < 4.78 is 39.8. The van der Waals surface area contributed by atoms with Gasteiger partial charge in [-0.15, -0.1) is 0 Å². The van der Waals surface area contributed by atoms with E-state index < -0.39 is 16.1 Å². The number of benzene rings is 3. The highest BCUT2D eigenvalue weighted by Crippen LogP contribution is 2.35. The molecule has 0 spiro atoms. The Hall–Kier alpha value is -2.74. The van der Waals surface area contributed by atoms with Gasteiger partial charge < -0.3 is 14.6 Å². The predicted molar refractivity (Wildman–Crippen MR) is 115 cm³/mol. The molecule has 30 heavy (non-hydrogen) atoms. The maximum absolute atomic E-state index is 13.0. The molecule has 0 bridgehead atoms. The third kappa shape index (κ3) is 4.38. The van der Waals surface area contributed by atoms with Crippen molar-refractivity contribution in [2.45, 2.75) is 17.4 Å². The second kappa shape index (κ2) is 8.55. The first-order chi connectivity index (χ1) is 14.4. The van der Waals surface area contributed by atoms with Crippen LogP contribution in [0.5, 0.6) is 11.5 Å². The molecule has 1 atom stereocenters. The van der Waals surface area contributed by atoms with Gasteiger partial charge in [0.15, 0.2) is 11.5 Å². The van der Waals surface area contributed by atoms with Crippen LogP contribution >= 0.6 is 11.6 Å². The molecule has 0 aliphatic carbocycles. The molecule has 0 saturated heterocycles. The molecule has 1 heterocycles. The molecule has 1 aliphatic heterocycles. The van der Waals surface area contributed by atoms with E-state index in [0.29, 0.717) is 40.9 Å². The van der Waals surface area contributed by atoms with E-state index in [-0.39, 0.29) is 10.6 Å². The summed E-state index contributed by atoms with van der Waals surface area (Å²) in [6.45, 7) is 0.970. The lowest BCUT2D eigenvalue weighted by molar-refractivity contribution is 0.221. The average Bonchev–Trinajstić information content (AvgIpc) is 3.00. The van der Waals surface area contributed by atoms with Crippen molar-refractivity contribution >= 4 is 27.3 Å². The van der Waals surface area contributed by atoms with Crippen LogP contribution in [0.2, 0.25) is 5.02 Å². The van der Waals surface area contributed by atoms with E-state index in [9.17, 15) is 13.5 Å². The zero-order valence-corrected chi connectivity index (χ0v) is 17.5. The average molecular weight is 446 g/mol. The van der Waals surface area contributed by atoms with Crippen LogP contribution in [0.15, 0.2) is 71.6 Å². The Balaban J connectivity index is 1.68. The van der Waals surface area contributed by atoms with Gasteiger partial charge in [-0.05, 0) is 35.9 Å². The van der Waals surface area contributed by atoms with Crippen LogP contribution in [0.1, 0.15) is 23.7 Å². The molecule has 156 valence electrons. The molecule has 0 radical (unpaired) electrons. The van der Waals surface area contributed by atoms with E-state index in [4.69, 9.17) is 21.1 Å². The van der Waals surface area contributed by atoms with Gasteiger partial charge in [-0.2, -0.15) is 0 Å². The lowest BCUT2D eigenvalue weighted by atomic mass is 10.0. The molecule has 4 rings (SSSR count). The molecule has 3 aromatic carbocycles. The zero-order chi connectivity index (χ0) is 21.1. The smallest absolute Gasteiger partial charge is 0.262 e. The van der Waals surface area contributed by atoms with Crippen LogP contribution in [0.25, 0.3) is 0 Å². The third-order valence-electron chi connectivity index (χ3n) is 4.70. The molecule has 8 heteroatoms. The fraction of sp³-hybridized carbons (Fsp3) is 0.182. The number of sulfonamides is 1. The topological polar surface area (TPSA) is 84.9 Å². The molecule has 0 amide bonds. The molecule has 1 aliphatic rings. The van der Waals surface area contributed by atoms with E-state index in [1.54, 1.807) is 42.5 Å². The maximum Gasteiger partial charge on any atom is 0.262 e. The second-order valence-electron chi connectivity index (χ2n) is 6.81. The summed E-state index contributed by atoms with van der Waals surface area (Å²) in [7, 11) is -3.95. The molecule has 1 unspecified atom stereocenters. The Morgan fingerprint density at radius 3 is 2.43 bits per heavy atom. The summed E-state index contributed by atoms with van der Waals surface area (Å²) in [5.41, 5.74) is 1.21. The van der Waals surface area contributed by atoms with Crippen molar-refractivity contribution in [2.75, 3.05) is 17.9 Å². The first-order valence-electron chi connectivity index (χ1n) is 9.39. The number of hydrogen-bond acceptors (Lipinski definition) is 5. The molecular weight excluding hydrogens is 426 g/mol. The standard InChI is InChI=1S/C22H20ClNO5S/c23-16-7-9-19(18(13-16)22(25)15-5-2-1-3-6-15)24-30(26,27)17-8-10-20-21(14-17)29-12-4-11-28-20/h1-3,5-10,13-14,22,24-25H,4,11-12H2. The second-order valence-corrected chi connectivity index (χ2v) is 8.93. The number of fused-ring (bicyclic) bond motifs is 1. The van der Waals surface area contributed by atoms with Crippen LogP contribution in [0.3, 0.4) is 0 Å². The highest BCUT2D eigenvalue weighted by Gasteiger charge is 2.22. The van der Waals surface area contributed by atoms with Gasteiger partial charge in [0, 0.05) is 23.1 Å². The van der Waals surface area contributed by atoms with Crippen molar-refractivity contribution in [1.29, 1.82) is 0 Å². The summed E-state index contributed by atoms with van der Waals surface area (Å²) in [6, 6.07) is 18.1. The van der Waals surface area contributed by atoms with E-state index in [1.165, 1.54) is 18.2 Å². The van der Waals surface area contributed by atoms with Crippen molar-refractivity contribution in [3.8, 4) is 11.5 Å². The van der Waals surface area contributed by atoms with E-state index in [1.807, 2.05) is 6.07 Å². The van der Waals surface area contributed by atoms with Crippen molar-refractivity contribution in [1.82, 2.24) is 0 Å². The summed E-state index contributed by atoms with van der Waals surface area (Å²) in [4.78, 5) is 0.0295. The minimum atomic E-state index is -3.95. The number of halogens is 1. The maximum atomic E-state index is 13.0. The highest BCUT2D eigenvalue weighted by atomic mass is 35.5. The molecule has 0 aromatic heterocycles. The fourth-order valence-electron chi connectivity index (χ4n) is 3.18. The summed E-state index contributed by atoms with van der Waals surface area (Å²) >= 11 is 6.11. The van der Waals surface area contributed by atoms with E-state index in [0.717, 1.165) is 6.42 Å². The SMILES string of the molecule is O=S(=O)(Nc1ccc(Cl)cc1C(O)c1ccccc1)c1ccc2c(c1)OCCCO2. The van der Waals surface area contributed by atoms with Gasteiger partial charge >= 0.3 is 0 Å². The number of ether oxygens (including phenoxy) is 2. The molecule has 0 fully saturated rings. The van der Waals surface area contributed by atoms with E-state index in [2.05, 4.69) is 4.72 Å². The lowest BCUT2D eigenvalue weighted by Crippen LogP contribution is -2.15. The Labute approximate surface area is 180 Å². The minimum absolute atomic E-state index is 0.0295. The monoisotopic (exact) mass is 445 g/mol. The number of aliphatic hydroxyl groups is 1. The van der Waals surface area contributed by atoms with E-state index >= 15 is 0 Å². The van der Waals surface area contributed by atoms with Gasteiger partial charge in [0.1, 0.15) is 6.10 Å². The van der Waals surface area contributed by atoms with Crippen LogP contribution in [-0.4, -0.2) is 26.7 Å². The summed E-state index contributed by atoms with van der Waals surface area (Å²) in [5.74, 6) is 0.897. The van der Waals surface area contributed by atoms with Crippen LogP contribution < -0.4 is 14.2 Å². The first kappa shape index (κ1) is 20.5. The van der Waals surface area contributed by atoms with Gasteiger partial charge in [-0.3, -0.25) is 4.72 Å². The van der Waals surface area contributed by atoms with Crippen molar-refractivity contribution in [3.05, 3.63) is 82.9 Å². The number of rotatable bonds is 5. The van der Waals surface area contributed by atoms with Gasteiger partial charge in [-0.1, -0.05) is 41.9 Å². The van der Waals surface area contributed by atoms with Crippen molar-refractivity contribution in [2.24, 2.45) is 0 Å². The normalized spacial score (nSPS) is 14.6. The Morgan fingerprint density at radius 1 is 0.933 bits per heavy atom. The fourth-order valence-corrected chi connectivity index (χ4v) is 4.47. The third-order valence-corrected chi connectivity index (χ3v) is 6.30. The number of anilines is 1. The summed E-state index contributed by atoms with van der Waals surface area (Å²) in [6.07, 6.45) is -0.327. The number of nitrogens with one attached hydrogen (secondary N) is 1. The van der Waals surface area contributed by atoms with Crippen LogP contribution in [-0.2, 0) is 10.0 Å². The van der Waals surface area contributed by atoms with Crippen LogP contribution in [0, 0.1) is 0 Å².